The van der Waals surface area contributed by atoms with Crippen LogP contribution in [0.5, 0.6) is 11.5 Å². The summed E-state index contributed by atoms with van der Waals surface area (Å²) in [5, 5.41) is 2.24. The molecule has 3 fully saturated rings. The van der Waals surface area contributed by atoms with Gasteiger partial charge < -0.3 is 20.3 Å². The molecule has 53 heavy (non-hydrogen) atoms. The van der Waals surface area contributed by atoms with Crippen molar-refractivity contribution in [3.63, 3.8) is 0 Å². The third kappa shape index (κ3) is 6.77. The molecule has 3 N–H and O–H groups in total. The number of piperidine rings is 3. The Kier molecular flexibility index (Phi) is 9.21. The van der Waals surface area contributed by atoms with Crippen LogP contribution >= 0.6 is 0 Å². The minimum Gasteiger partial charge on any atom is -0.457 e. The van der Waals surface area contributed by atoms with E-state index in [-0.39, 0.29) is 18.8 Å². The van der Waals surface area contributed by atoms with Crippen molar-refractivity contribution in [2.45, 2.75) is 56.5 Å². The summed E-state index contributed by atoms with van der Waals surface area (Å²) < 4.78 is 5.94. The number of nitrogens with zero attached hydrogens (tertiary/aromatic N) is 4. The molecule has 0 bridgehead atoms. The summed E-state index contributed by atoms with van der Waals surface area (Å²) in [7, 11) is 0. The van der Waals surface area contributed by atoms with Crippen molar-refractivity contribution in [2.75, 3.05) is 31.1 Å². The van der Waals surface area contributed by atoms with Gasteiger partial charge >= 0.3 is 0 Å². The predicted molar refractivity (Wildman–Crippen MR) is 197 cm³/mol. The zero-order valence-electron chi connectivity index (χ0n) is 29.2. The minimum absolute atomic E-state index is 0.0885. The standard InChI is InChI=1S/C41H40N6O6/c42-38(49)32-12-13-34(43-37(32)26-6-9-30(10-7-26)53-29-4-2-1-3-5-29)25-16-20-45(21-17-25)27-18-22-46(23-19-27)28-8-11-31-33(24-28)41(52)47(40(31)51)35-14-15-36(48)44-39(35)50/h1-13,24-25,27,35H,14-23H2,(H2,42,49)(H,44,48,50). The molecule has 0 aliphatic carbocycles. The number of nitrogens with one attached hydrogen (secondary N) is 1. The largest absolute Gasteiger partial charge is 0.457 e. The van der Waals surface area contributed by atoms with Crippen LogP contribution in [0.2, 0.25) is 0 Å². The number of fused-ring (bicyclic) bond motifs is 1. The Morgan fingerprint density at radius 1 is 0.755 bits per heavy atom. The highest BCUT2D eigenvalue weighted by Crippen LogP contribution is 2.35. The maximum absolute atomic E-state index is 13.3. The quantitative estimate of drug-likeness (QED) is 0.243. The Labute approximate surface area is 306 Å². The first-order chi connectivity index (χ1) is 25.7. The number of hydrogen-bond acceptors (Lipinski definition) is 9. The predicted octanol–water partition coefficient (Wildman–Crippen LogP) is 4.89. The van der Waals surface area contributed by atoms with E-state index in [1.54, 1.807) is 18.2 Å². The molecule has 3 saturated heterocycles. The second-order valence-electron chi connectivity index (χ2n) is 14.1. The number of primary amides is 1. The second kappa shape index (κ2) is 14.3. The average molecular weight is 713 g/mol. The first kappa shape index (κ1) is 34.2. The highest BCUT2D eigenvalue weighted by Gasteiger charge is 2.45. The average Bonchev–Trinajstić information content (AvgIpc) is 3.43. The molecule has 5 heterocycles. The van der Waals surface area contributed by atoms with E-state index in [9.17, 15) is 24.0 Å². The lowest BCUT2D eigenvalue weighted by atomic mass is 9.90. The van der Waals surface area contributed by atoms with Gasteiger partial charge in [0.1, 0.15) is 17.5 Å². The molecule has 4 aliphatic rings. The van der Waals surface area contributed by atoms with Gasteiger partial charge in [-0.05, 0) is 112 Å². The molecule has 270 valence electrons. The molecule has 8 rings (SSSR count). The topological polar surface area (TPSA) is 155 Å². The maximum atomic E-state index is 13.3. The smallest absolute Gasteiger partial charge is 0.262 e. The summed E-state index contributed by atoms with van der Waals surface area (Å²) in [5.74, 6) is -0.810. The lowest BCUT2D eigenvalue weighted by Gasteiger charge is -2.42. The Morgan fingerprint density at radius 2 is 1.45 bits per heavy atom. The van der Waals surface area contributed by atoms with E-state index in [1.165, 1.54) is 0 Å². The first-order valence-electron chi connectivity index (χ1n) is 18.2. The summed E-state index contributed by atoms with van der Waals surface area (Å²) in [6.45, 7) is 3.52. The fourth-order valence-electron chi connectivity index (χ4n) is 8.13. The van der Waals surface area contributed by atoms with Crippen LogP contribution in [0.3, 0.4) is 0 Å². The molecule has 12 nitrogen and oxygen atoms in total. The van der Waals surface area contributed by atoms with Gasteiger partial charge in [-0.2, -0.15) is 0 Å². The Morgan fingerprint density at radius 3 is 2.15 bits per heavy atom. The Hall–Kier alpha value is -5.88. The Balaban J connectivity index is 0.879. The molecule has 4 aliphatic heterocycles. The summed E-state index contributed by atoms with van der Waals surface area (Å²) in [6, 6.07) is 25.6. The van der Waals surface area contributed by atoms with E-state index in [4.69, 9.17) is 15.5 Å². The van der Waals surface area contributed by atoms with E-state index in [2.05, 4.69) is 15.1 Å². The van der Waals surface area contributed by atoms with Crippen molar-refractivity contribution in [1.29, 1.82) is 0 Å². The first-order valence-corrected chi connectivity index (χ1v) is 18.2. The molecule has 1 aromatic heterocycles. The number of imide groups is 2. The van der Waals surface area contributed by atoms with Crippen molar-refractivity contribution in [2.24, 2.45) is 5.73 Å². The molecule has 1 unspecified atom stereocenters. The molecular weight excluding hydrogens is 672 g/mol. The lowest BCUT2D eigenvalue weighted by Crippen LogP contribution is -2.54. The van der Waals surface area contributed by atoms with Gasteiger partial charge in [0.2, 0.25) is 11.8 Å². The van der Waals surface area contributed by atoms with Crippen LogP contribution in [0.1, 0.15) is 81.2 Å². The third-order valence-corrected chi connectivity index (χ3v) is 11.0. The molecule has 0 spiro atoms. The number of aromatic nitrogens is 1. The molecule has 1 atom stereocenters. The minimum atomic E-state index is -0.978. The van der Waals surface area contributed by atoms with Crippen LogP contribution < -0.4 is 20.7 Å². The zero-order chi connectivity index (χ0) is 36.6. The number of amides is 5. The molecule has 4 aromatic rings. The molecule has 0 radical (unpaired) electrons. The molecule has 5 amide bonds. The van der Waals surface area contributed by atoms with Crippen molar-refractivity contribution in [1.82, 2.24) is 20.1 Å². The van der Waals surface area contributed by atoms with Gasteiger partial charge in [-0.3, -0.25) is 39.2 Å². The summed E-state index contributed by atoms with van der Waals surface area (Å²) in [5.41, 5.74) is 9.98. The number of likely N-dealkylation sites (tertiary alicyclic amines) is 1. The van der Waals surface area contributed by atoms with Gasteiger partial charge in [0.15, 0.2) is 0 Å². The highest BCUT2D eigenvalue weighted by atomic mass is 16.5. The zero-order valence-corrected chi connectivity index (χ0v) is 29.2. The molecular formula is C41H40N6O6. The number of nitrogens with two attached hydrogens (primary N) is 1. The second-order valence-corrected chi connectivity index (χ2v) is 14.1. The maximum Gasteiger partial charge on any atom is 0.262 e. The van der Waals surface area contributed by atoms with Crippen LogP contribution in [-0.4, -0.2) is 82.6 Å². The van der Waals surface area contributed by atoms with Gasteiger partial charge in [0.25, 0.3) is 17.7 Å². The number of carbonyl (C=O) groups is 5. The molecule has 3 aromatic carbocycles. The van der Waals surface area contributed by atoms with Crippen LogP contribution in [-0.2, 0) is 9.59 Å². The monoisotopic (exact) mass is 712 g/mol. The number of para-hydroxylation sites is 1. The van der Waals surface area contributed by atoms with Crippen molar-refractivity contribution >= 4 is 35.2 Å². The summed E-state index contributed by atoms with van der Waals surface area (Å²) in [6.07, 6.45) is 4.07. The van der Waals surface area contributed by atoms with E-state index < -0.39 is 35.6 Å². The third-order valence-electron chi connectivity index (χ3n) is 11.0. The van der Waals surface area contributed by atoms with Crippen LogP contribution in [0.15, 0.2) is 84.9 Å². The number of hydrogen-bond donors (Lipinski definition) is 2. The van der Waals surface area contributed by atoms with E-state index >= 15 is 0 Å². The Bertz CT molecular complexity index is 2090. The van der Waals surface area contributed by atoms with Gasteiger partial charge in [0.05, 0.1) is 22.4 Å². The fraction of sp³-hybridized carbons (Fsp3) is 0.317. The highest BCUT2D eigenvalue weighted by molar-refractivity contribution is 6.23. The van der Waals surface area contributed by atoms with Crippen LogP contribution in [0, 0.1) is 0 Å². The normalized spacial score (nSPS) is 20.0. The number of ether oxygens (including phenoxy) is 1. The SMILES string of the molecule is NC(=O)c1ccc(C2CCN(C3CCN(c4ccc5c(c4)C(=O)N(C4CCC(=O)NC4=O)C5=O)CC3)CC2)nc1-c1ccc(Oc2ccccc2)cc1. The number of anilines is 1. The van der Waals surface area contributed by atoms with Gasteiger partial charge in [0, 0.05) is 48.4 Å². The van der Waals surface area contributed by atoms with Crippen molar-refractivity contribution in [3.8, 4) is 22.8 Å². The fourth-order valence-corrected chi connectivity index (χ4v) is 8.13. The van der Waals surface area contributed by atoms with E-state index in [0.29, 0.717) is 34.2 Å². The van der Waals surface area contributed by atoms with Crippen molar-refractivity contribution in [3.05, 3.63) is 107 Å². The number of rotatable bonds is 8. The van der Waals surface area contributed by atoms with Gasteiger partial charge in [-0.1, -0.05) is 18.2 Å². The molecule has 0 saturated carbocycles. The van der Waals surface area contributed by atoms with Crippen LogP contribution in [0.4, 0.5) is 5.69 Å². The van der Waals surface area contributed by atoms with Gasteiger partial charge in [-0.15, -0.1) is 0 Å². The van der Waals surface area contributed by atoms with Gasteiger partial charge in [-0.25, -0.2) is 0 Å². The van der Waals surface area contributed by atoms with E-state index in [0.717, 1.165) is 79.5 Å². The lowest BCUT2D eigenvalue weighted by molar-refractivity contribution is -0.136. The van der Waals surface area contributed by atoms with Crippen molar-refractivity contribution < 1.29 is 28.7 Å². The number of pyridine rings is 1. The van der Waals surface area contributed by atoms with E-state index in [1.807, 2.05) is 66.7 Å². The summed E-state index contributed by atoms with van der Waals surface area (Å²) in [4.78, 5) is 73.8. The summed E-state index contributed by atoms with van der Waals surface area (Å²) >= 11 is 0. The number of carbonyl (C=O) groups excluding carboxylic acids is 5. The van der Waals surface area contributed by atoms with Crippen LogP contribution in [0.25, 0.3) is 11.3 Å². The molecule has 12 heteroatoms. The number of benzene rings is 3.